The van der Waals surface area contributed by atoms with Crippen LogP contribution in [0.25, 0.3) is 0 Å². The molecule has 0 radical (unpaired) electrons. The van der Waals surface area contributed by atoms with Crippen LogP contribution < -0.4 is 5.73 Å². The molecular weight excluding hydrogens is 242 g/mol. The summed E-state index contributed by atoms with van der Waals surface area (Å²) in [6.45, 7) is 6.61. The average Bonchev–Trinajstić information content (AvgIpc) is 2.46. The number of hydrogen-bond donors (Lipinski definition) is 1. The van der Waals surface area contributed by atoms with Gasteiger partial charge in [0.1, 0.15) is 0 Å². The van der Waals surface area contributed by atoms with Gasteiger partial charge in [-0.25, -0.2) is 0 Å². The summed E-state index contributed by atoms with van der Waals surface area (Å²) in [6, 6.07) is 17.5. The number of hydrogen-bond acceptors (Lipinski definition) is 1. The minimum Gasteiger partial charge on any atom is -0.324 e. The Kier molecular flexibility index (Phi) is 4.97. The zero-order valence-corrected chi connectivity index (χ0v) is 12.8. The smallest absolute Gasteiger partial charge is 0.0335 e. The lowest BCUT2D eigenvalue weighted by molar-refractivity contribution is 0.712. The van der Waals surface area contributed by atoms with Crippen molar-refractivity contribution in [1.82, 2.24) is 0 Å². The quantitative estimate of drug-likeness (QED) is 0.831. The molecule has 0 spiro atoms. The fourth-order valence-corrected chi connectivity index (χ4v) is 2.52. The number of aryl methyl sites for hydroxylation is 1. The Bertz CT molecular complexity index is 542. The molecule has 0 aliphatic rings. The lowest BCUT2D eigenvalue weighted by atomic mass is 9.94. The largest absolute Gasteiger partial charge is 0.324 e. The second-order valence-corrected chi connectivity index (χ2v) is 5.78. The van der Waals surface area contributed by atoms with Crippen molar-refractivity contribution in [3.63, 3.8) is 0 Å². The molecule has 0 fully saturated rings. The Labute approximate surface area is 122 Å². The molecule has 20 heavy (non-hydrogen) atoms. The van der Waals surface area contributed by atoms with Gasteiger partial charge in [-0.3, -0.25) is 0 Å². The molecule has 0 saturated heterocycles. The van der Waals surface area contributed by atoms with E-state index in [-0.39, 0.29) is 6.04 Å². The standard InChI is InChI=1S/C19H25N/c1-4-15(3)17-8-10-18(11-9-17)19(20)13-16-7-5-6-14(2)12-16/h5-12,15,19H,4,13,20H2,1-3H3. The Hall–Kier alpha value is -1.60. The van der Waals surface area contributed by atoms with Crippen molar-refractivity contribution in [3.8, 4) is 0 Å². The molecule has 2 rings (SSSR count). The van der Waals surface area contributed by atoms with Gasteiger partial charge in [0.25, 0.3) is 0 Å². The summed E-state index contributed by atoms with van der Waals surface area (Å²) in [5.41, 5.74) is 11.6. The molecular formula is C19H25N. The maximum Gasteiger partial charge on any atom is 0.0335 e. The topological polar surface area (TPSA) is 26.0 Å². The molecule has 2 N–H and O–H groups in total. The molecule has 0 aliphatic heterocycles. The van der Waals surface area contributed by atoms with Crippen molar-refractivity contribution in [2.24, 2.45) is 5.73 Å². The second kappa shape index (κ2) is 6.71. The van der Waals surface area contributed by atoms with Crippen molar-refractivity contribution < 1.29 is 0 Å². The second-order valence-electron chi connectivity index (χ2n) is 5.78. The van der Waals surface area contributed by atoms with Crippen LogP contribution >= 0.6 is 0 Å². The van der Waals surface area contributed by atoms with Crippen LogP contribution in [0.3, 0.4) is 0 Å². The van der Waals surface area contributed by atoms with Gasteiger partial charge in [0.15, 0.2) is 0 Å². The Morgan fingerprint density at radius 3 is 2.25 bits per heavy atom. The van der Waals surface area contributed by atoms with Crippen LogP contribution in [0.5, 0.6) is 0 Å². The first kappa shape index (κ1) is 14.8. The Balaban J connectivity index is 2.07. The fraction of sp³-hybridized carbons (Fsp3) is 0.368. The molecule has 0 bridgehead atoms. The third kappa shape index (κ3) is 3.71. The van der Waals surface area contributed by atoms with Crippen molar-refractivity contribution in [1.29, 1.82) is 0 Å². The molecule has 2 aromatic rings. The fourth-order valence-electron chi connectivity index (χ4n) is 2.52. The van der Waals surface area contributed by atoms with E-state index in [1.54, 1.807) is 0 Å². The van der Waals surface area contributed by atoms with E-state index in [9.17, 15) is 0 Å². The molecule has 0 saturated carbocycles. The van der Waals surface area contributed by atoms with Gasteiger partial charge >= 0.3 is 0 Å². The van der Waals surface area contributed by atoms with Gasteiger partial charge in [0, 0.05) is 6.04 Å². The zero-order chi connectivity index (χ0) is 14.5. The van der Waals surface area contributed by atoms with Crippen LogP contribution in [0.4, 0.5) is 0 Å². The number of nitrogens with two attached hydrogens (primary N) is 1. The van der Waals surface area contributed by atoms with E-state index >= 15 is 0 Å². The van der Waals surface area contributed by atoms with E-state index in [0.29, 0.717) is 5.92 Å². The third-order valence-electron chi connectivity index (χ3n) is 4.08. The van der Waals surface area contributed by atoms with Gasteiger partial charge in [-0.1, -0.05) is 67.9 Å². The maximum atomic E-state index is 6.34. The highest BCUT2D eigenvalue weighted by Gasteiger charge is 2.09. The predicted molar refractivity (Wildman–Crippen MR) is 87.0 cm³/mol. The first-order valence-corrected chi connectivity index (χ1v) is 7.51. The van der Waals surface area contributed by atoms with Crippen LogP contribution in [-0.4, -0.2) is 0 Å². The van der Waals surface area contributed by atoms with Gasteiger partial charge in [-0.05, 0) is 42.4 Å². The summed E-state index contributed by atoms with van der Waals surface area (Å²) < 4.78 is 0. The van der Waals surface area contributed by atoms with E-state index in [2.05, 4.69) is 69.3 Å². The summed E-state index contributed by atoms with van der Waals surface area (Å²) in [6.07, 6.45) is 2.07. The summed E-state index contributed by atoms with van der Waals surface area (Å²) in [7, 11) is 0. The molecule has 106 valence electrons. The highest BCUT2D eigenvalue weighted by molar-refractivity contribution is 5.29. The average molecular weight is 267 g/mol. The van der Waals surface area contributed by atoms with E-state index in [1.807, 2.05) is 0 Å². The lowest BCUT2D eigenvalue weighted by Crippen LogP contribution is -2.13. The first-order chi connectivity index (χ1) is 9.60. The molecule has 1 heteroatoms. The molecule has 2 unspecified atom stereocenters. The van der Waals surface area contributed by atoms with Crippen LogP contribution in [0, 0.1) is 6.92 Å². The van der Waals surface area contributed by atoms with Gasteiger partial charge in [0.2, 0.25) is 0 Å². The monoisotopic (exact) mass is 267 g/mol. The normalized spacial score (nSPS) is 14.0. The summed E-state index contributed by atoms with van der Waals surface area (Å²) in [5.74, 6) is 0.622. The highest BCUT2D eigenvalue weighted by Crippen LogP contribution is 2.22. The van der Waals surface area contributed by atoms with E-state index in [4.69, 9.17) is 5.73 Å². The highest BCUT2D eigenvalue weighted by atomic mass is 14.6. The number of rotatable bonds is 5. The van der Waals surface area contributed by atoms with Crippen molar-refractivity contribution >= 4 is 0 Å². The van der Waals surface area contributed by atoms with Gasteiger partial charge in [-0.15, -0.1) is 0 Å². The van der Waals surface area contributed by atoms with Gasteiger partial charge < -0.3 is 5.73 Å². The molecule has 0 amide bonds. The van der Waals surface area contributed by atoms with Crippen molar-refractivity contribution in [2.75, 3.05) is 0 Å². The summed E-state index contributed by atoms with van der Waals surface area (Å²) in [4.78, 5) is 0. The first-order valence-electron chi connectivity index (χ1n) is 7.51. The predicted octanol–water partition coefficient (Wildman–Crippen LogP) is 4.75. The molecule has 2 aromatic carbocycles. The maximum absolute atomic E-state index is 6.34. The molecule has 0 aliphatic carbocycles. The van der Waals surface area contributed by atoms with Crippen LogP contribution in [-0.2, 0) is 6.42 Å². The number of benzene rings is 2. The van der Waals surface area contributed by atoms with Gasteiger partial charge in [-0.2, -0.15) is 0 Å². The summed E-state index contributed by atoms with van der Waals surface area (Å²) >= 11 is 0. The minimum absolute atomic E-state index is 0.0720. The van der Waals surface area contributed by atoms with E-state index in [0.717, 1.165) is 6.42 Å². The third-order valence-corrected chi connectivity index (χ3v) is 4.08. The minimum atomic E-state index is 0.0720. The van der Waals surface area contributed by atoms with E-state index < -0.39 is 0 Å². The lowest BCUT2D eigenvalue weighted by Gasteiger charge is -2.15. The summed E-state index contributed by atoms with van der Waals surface area (Å²) in [5, 5.41) is 0. The van der Waals surface area contributed by atoms with Crippen LogP contribution in [0.15, 0.2) is 48.5 Å². The molecule has 0 heterocycles. The van der Waals surface area contributed by atoms with E-state index in [1.165, 1.54) is 28.7 Å². The van der Waals surface area contributed by atoms with Crippen LogP contribution in [0.1, 0.15) is 54.5 Å². The Morgan fingerprint density at radius 1 is 1.00 bits per heavy atom. The molecule has 0 aromatic heterocycles. The molecule has 1 nitrogen and oxygen atoms in total. The Morgan fingerprint density at radius 2 is 1.65 bits per heavy atom. The van der Waals surface area contributed by atoms with Crippen LogP contribution in [0.2, 0.25) is 0 Å². The van der Waals surface area contributed by atoms with Crippen molar-refractivity contribution in [3.05, 3.63) is 70.8 Å². The molecule has 2 atom stereocenters. The van der Waals surface area contributed by atoms with Crippen molar-refractivity contribution in [2.45, 2.75) is 45.6 Å². The zero-order valence-electron chi connectivity index (χ0n) is 12.8. The van der Waals surface area contributed by atoms with Gasteiger partial charge in [0.05, 0.1) is 0 Å². The SMILES string of the molecule is CCC(C)c1ccc(C(N)Cc2cccc(C)c2)cc1.